The number of carbonyl (C=O) groups is 1. The van der Waals surface area contributed by atoms with Gasteiger partial charge in [0, 0.05) is 23.6 Å². The first-order valence-electron chi connectivity index (χ1n) is 8.30. The number of aryl methyl sites for hydroxylation is 1. The summed E-state index contributed by atoms with van der Waals surface area (Å²) in [5, 5.41) is 12.6. The minimum absolute atomic E-state index is 0.154. The van der Waals surface area contributed by atoms with Gasteiger partial charge < -0.3 is 15.0 Å². The summed E-state index contributed by atoms with van der Waals surface area (Å²) in [5.74, 6) is -0.222. The largest absolute Gasteiger partial charge is 0.394 e. The predicted molar refractivity (Wildman–Crippen MR) is 96.7 cm³/mol. The first kappa shape index (κ1) is 16.9. The molecule has 5 heteroatoms. The highest BCUT2D eigenvalue weighted by Crippen LogP contribution is 2.16. The van der Waals surface area contributed by atoms with Crippen molar-refractivity contribution in [1.82, 2.24) is 14.9 Å². The second kappa shape index (κ2) is 7.77. The van der Waals surface area contributed by atoms with Crippen molar-refractivity contribution in [2.24, 2.45) is 0 Å². The van der Waals surface area contributed by atoms with Crippen LogP contribution in [-0.2, 0) is 6.42 Å². The van der Waals surface area contributed by atoms with Crippen LogP contribution in [0.25, 0.3) is 5.69 Å². The van der Waals surface area contributed by atoms with Gasteiger partial charge in [0.25, 0.3) is 5.91 Å². The Morgan fingerprint density at radius 1 is 1.24 bits per heavy atom. The van der Waals surface area contributed by atoms with Crippen molar-refractivity contribution in [3.8, 4) is 5.69 Å². The number of nitrogens with one attached hydrogen (secondary N) is 1. The molecule has 0 fully saturated rings. The van der Waals surface area contributed by atoms with Gasteiger partial charge in [-0.2, -0.15) is 0 Å². The van der Waals surface area contributed by atoms with E-state index in [2.05, 4.69) is 17.2 Å². The molecule has 0 radical (unpaired) electrons. The molecule has 0 aliphatic heterocycles. The molecule has 1 aromatic heterocycles. The Morgan fingerprint density at radius 2 is 2.04 bits per heavy atom. The van der Waals surface area contributed by atoms with Crippen LogP contribution in [-0.4, -0.2) is 27.2 Å². The fraction of sp³-hybridized carbons (Fsp3) is 0.200. The summed E-state index contributed by atoms with van der Waals surface area (Å²) in [6.07, 6.45) is 6.15. The van der Waals surface area contributed by atoms with E-state index in [1.54, 1.807) is 24.7 Å². The monoisotopic (exact) mass is 335 g/mol. The minimum Gasteiger partial charge on any atom is -0.394 e. The molecule has 128 valence electrons. The molecule has 2 N–H and O–H groups in total. The van der Waals surface area contributed by atoms with E-state index in [-0.39, 0.29) is 12.5 Å². The van der Waals surface area contributed by atoms with E-state index >= 15 is 0 Å². The van der Waals surface area contributed by atoms with Crippen LogP contribution in [0.2, 0.25) is 0 Å². The summed E-state index contributed by atoms with van der Waals surface area (Å²) in [4.78, 5) is 16.6. The lowest BCUT2D eigenvalue weighted by molar-refractivity contribution is 0.0916. The fourth-order valence-electron chi connectivity index (χ4n) is 2.68. The number of benzene rings is 2. The van der Waals surface area contributed by atoms with Gasteiger partial charge in [-0.1, -0.05) is 37.3 Å². The van der Waals surface area contributed by atoms with E-state index < -0.39 is 6.04 Å². The number of nitrogens with zero attached hydrogens (tertiary/aromatic N) is 2. The lowest BCUT2D eigenvalue weighted by Gasteiger charge is -2.17. The van der Waals surface area contributed by atoms with Crippen LogP contribution in [0.15, 0.2) is 67.3 Å². The van der Waals surface area contributed by atoms with Crippen LogP contribution in [0.1, 0.15) is 34.5 Å². The number of hydrogen-bond acceptors (Lipinski definition) is 3. The lowest BCUT2D eigenvalue weighted by Crippen LogP contribution is -2.30. The Morgan fingerprint density at radius 3 is 2.68 bits per heavy atom. The summed E-state index contributed by atoms with van der Waals surface area (Å²) < 4.78 is 1.84. The van der Waals surface area contributed by atoms with Gasteiger partial charge in [-0.3, -0.25) is 4.79 Å². The van der Waals surface area contributed by atoms with Crippen LogP contribution < -0.4 is 5.32 Å². The molecule has 2 aromatic carbocycles. The maximum Gasteiger partial charge on any atom is 0.251 e. The normalized spacial score (nSPS) is 11.9. The summed E-state index contributed by atoms with van der Waals surface area (Å²) >= 11 is 0. The van der Waals surface area contributed by atoms with Gasteiger partial charge in [0.05, 0.1) is 19.0 Å². The minimum atomic E-state index is -0.435. The zero-order chi connectivity index (χ0) is 17.6. The molecule has 1 atom stereocenters. The van der Waals surface area contributed by atoms with Crippen molar-refractivity contribution in [1.29, 1.82) is 0 Å². The number of amides is 1. The molecule has 3 aromatic rings. The van der Waals surface area contributed by atoms with Crippen molar-refractivity contribution in [2.45, 2.75) is 19.4 Å². The number of aromatic nitrogens is 2. The number of rotatable bonds is 6. The highest BCUT2D eigenvalue weighted by molar-refractivity contribution is 5.95. The standard InChI is InChI=1S/C20H21N3O2/c1-2-15-6-8-16(9-7-15)19(13-24)22-20(25)17-4-3-5-18(12-17)23-11-10-21-14-23/h3-12,14,19,24H,2,13H2,1H3,(H,22,25). The summed E-state index contributed by atoms with van der Waals surface area (Å²) in [6.45, 7) is 1.94. The predicted octanol–water partition coefficient (Wildman–Crippen LogP) is 2.90. The Hall–Kier alpha value is -2.92. The van der Waals surface area contributed by atoms with Crippen LogP contribution in [0, 0.1) is 0 Å². The Bertz CT molecular complexity index is 826. The Labute approximate surface area is 147 Å². The van der Waals surface area contributed by atoms with Crippen molar-refractivity contribution >= 4 is 5.91 Å². The summed E-state index contributed by atoms with van der Waals surface area (Å²) in [6, 6.07) is 14.8. The number of imidazole rings is 1. The third-order valence-electron chi connectivity index (χ3n) is 4.19. The molecule has 1 heterocycles. The van der Waals surface area contributed by atoms with E-state index in [1.807, 2.05) is 47.2 Å². The molecule has 25 heavy (non-hydrogen) atoms. The Kier molecular flexibility index (Phi) is 5.26. The molecular weight excluding hydrogens is 314 g/mol. The van der Waals surface area contributed by atoms with Gasteiger partial charge in [-0.25, -0.2) is 4.98 Å². The Balaban J connectivity index is 1.77. The number of carbonyl (C=O) groups excluding carboxylic acids is 1. The molecule has 3 rings (SSSR count). The smallest absolute Gasteiger partial charge is 0.251 e. The number of aliphatic hydroxyl groups excluding tert-OH is 1. The van der Waals surface area contributed by atoms with E-state index in [9.17, 15) is 9.90 Å². The van der Waals surface area contributed by atoms with E-state index in [1.165, 1.54) is 5.56 Å². The average molecular weight is 335 g/mol. The molecule has 1 unspecified atom stereocenters. The molecule has 0 aliphatic rings. The third-order valence-corrected chi connectivity index (χ3v) is 4.19. The maximum atomic E-state index is 12.6. The topological polar surface area (TPSA) is 67.2 Å². The van der Waals surface area contributed by atoms with E-state index in [4.69, 9.17) is 0 Å². The van der Waals surface area contributed by atoms with Gasteiger partial charge in [-0.05, 0) is 35.7 Å². The van der Waals surface area contributed by atoms with E-state index in [0.717, 1.165) is 17.7 Å². The molecular formula is C20H21N3O2. The molecule has 0 bridgehead atoms. The quantitative estimate of drug-likeness (QED) is 0.728. The SMILES string of the molecule is CCc1ccc(C(CO)NC(=O)c2cccc(-n3ccnc3)c2)cc1. The maximum absolute atomic E-state index is 12.6. The van der Waals surface area contributed by atoms with Crippen LogP contribution in [0.5, 0.6) is 0 Å². The molecule has 0 saturated heterocycles. The lowest BCUT2D eigenvalue weighted by atomic mass is 10.0. The zero-order valence-electron chi connectivity index (χ0n) is 14.1. The zero-order valence-corrected chi connectivity index (χ0v) is 14.1. The third kappa shape index (κ3) is 3.95. The van der Waals surface area contributed by atoms with Gasteiger partial charge in [-0.15, -0.1) is 0 Å². The van der Waals surface area contributed by atoms with Crippen molar-refractivity contribution in [3.63, 3.8) is 0 Å². The van der Waals surface area contributed by atoms with Crippen molar-refractivity contribution in [3.05, 3.63) is 83.9 Å². The summed E-state index contributed by atoms with van der Waals surface area (Å²) in [5.41, 5.74) is 3.51. The molecule has 0 spiro atoms. The van der Waals surface area contributed by atoms with E-state index in [0.29, 0.717) is 5.56 Å². The number of aliphatic hydroxyl groups is 1. The number of hydrogen-bond donors (Lipinski definition) is 2. The van der Waals surface area contributed by atoms with Gasteiger partial charge in [0.2, 0.25) is 0 Å². The van der Waals surface area contributed by atoms with Gasteiger partial charge >= 0.3 is 0 Å². The second-order valence-electron chi connectivity index (χ2n) is 5.82. The molecule has 0 saturated carbocycles. The highest BCUT2D eigenvalue weighted by atomic mass is 16.3. The van der Waals surface area contributed by atoms with Crippen molar-refractivity contribution < 1.29 is 9.90 Å². The fourth-order valence-corrected chi connectivity index (χ4v) is 2.68. The van der Waals surface area contributed by atoms with Crippen LogP contribution in [0.4, 0.5) is 0 Å². The van der Waals surface area contributed by atoms with Gasteiger partial charge in [0.1, 0.15) is 0 Å². The van der Waals surface area contributed by atoms with Crippen LogP contribution >= 0.6 is 0 Å². The first-order valence-corrected chi connectivity index (χ1v) is 8.30. The second-order valence-corrected chi connectivity index (χ2v) is 5.82. The molecule has 1 amide bonds. The molecule has 5 nitrogen and oxygen atoms in total. The first-order chi connectivity index (χ1) is 12.2. The molecule has 0 aliphatic carbocycles. The summed E-state index contributed by atoms with van der Waals surface area (Å²) in [7, 11) is 0. The van der Waals surface area contributed by atoms with Crippen molar-refractivity contribution in [2.75, 3.05) is 6.61 Å². The highest BCUT2D eigenvalue weighted by Gasteiger charge is 2.15. The van der Waals surface area contributed by atoms with Crippen LogP contribution in [0.3, 0.4) is 0 Å². The average Bonchev–Trinajstić information content (AvgIpc) is 3.21. The van der Waals surface area contributed by atoms with Gasteiger partial charge in [0.15, 0.2) is 0 Å².